The van der Waals surface area contributed by atoms with Crippen molar-refractivity contribution in [3.05, 3.63) is 30.5 Å². The first-order valence-corrected chi connectivity index (χ1v) is 10.5. The average Bonchev–Trinajstić information content (AvgIpc) is 2.55. The average molecular weight is 338 g/mol. The van der Waals surface area contributed by atoms with Gasteiger partial charge in [0.15, 0.2) is 0 Å². The summed E-state index contributed by atoms with van der Waals surface area (Å²) in [6.45, 7) is 11.4. The van der Waals surface area contributed by atoms with E-state index < -0.39 is 0 Å². The topological polar surface area (TPSA) is 23.1 Å². The lowest BCUT2D eigenvalue weighted by Gasteiger charge is -2.41. The number of unbranched alkanes of at least 4 members (excludes halogenated alkanes) is 13. The Morgan fingerprint density at radius 3 is 1.29 bits per heavy atom. The molecular weight excluding hydrogens is 294 g/mol. The maximum Gasteiger partial charge on any atom is 0.0970 e. The van der Waals surface area contributed by atoms with Gasteiger partial charge in [0.05, 0.1) is 19.6 Å². The number of hydroxylamine groups is 3. The molecule has 0 rings (SSSR count). The number of rotatable bonds is 19. The SMILES string of the molecule is C=CC[N+]([O-])(CC=C)CCCCCCCCCCCCCCCC. The molecule has 0 heterocycles. The third-order valence-electron chi connectivity index (χ3n) is 4.84. The summed E-state index contributed by atoms with van der Waals surface area (Å²) in [6.07, 6.45) is 22.4. The molecule has 0 aromatic heterocycles. The molecule has 0 aliphatic carbocycles. The van der Waals surface area contributed by atoms with E-state index in [1.807, 2.05) is 0 Å². The fourth-order valence-corrected chi connectivity index (χ4v) is 3.32. The molecule has 2 nitrogen and oxygen atoms in total. The predicted molar refractivity (Wildman–Crippen MR) is 109 cm³/mol. The van der Waals surface area contributed by atoms with Crippen LogP contribution in [0.25, 0.3) is 0 Å². The Hall–Kier alpha value is -0.600. The first-order valence-electron chi connectivity index (χ1n) is 10.5. The van der Waals surface area contributed by atoms with E-state index in [4.69, 9.17) is 0 Å². The molecule has 0 radical (unpaired) electrons. The van der Waals surface area contributed by atoms with Gasteiger partial charge in [-0.2, -0.15) is 0 Å². The molecule has 0 amide bonds. The van der Waals surface area contributed by atoms with E-state index in [0.29, 0.717) is 19.6 Å². The fraction of sp³-hybridized carbons (Fsp3) is 0.818. The molecule has 142 valence electrons. The van der Waals surface area contributed by atoms with Gasteiger partial charge in [0.25, 0.3) is 0 Å². The van der Waals surface area contributed by atoms with E-state index in [1.54, 1.807) is 12.2 Å². The van der Waals surface area contributed by atoms with Crippen LogP contribution in [-0.4, -0.2) is 24.3 Å². The molecule has 0 fully saturated rings. The van der Waals surface area contributed by atoms with Crippen molar-refractivity contribution in [1.29, 1.82) is 0 Å². The first-order chi connectivity index (χ1) is 11.7. The molecule has 2 heteroatoms. The van der Waals surface area contributed by atoms with Crippen molar-refractivity contribution in [2.24, 2.45) is 0 Å². The largest absolute Gasteiger partial charge is 0.632 e. The van der Waals surface area contributed by atoms with E-state index in [0.717, 1.165) is 6.42 Å². The van der Waals surface area contributed by atoms with Crippen molar-refractivity contribution in [2.45, 2.75) is 96.8 Å². The zero-order valence-corrected chi connectivity index (χ0v) is 16.4. The van der Waals surface area contributed by atoms with Crippen molar-refractivity contribution in [1.82, 2.24) is 0 Å². The first kappa shape index (κ1) is 23.4. The van der Waals surface area contributed by atoms with Crippen molar-refractivity contribution < 1.29 is 4.65 Å². The second-order valence-electron chi connectivity index (χ2n) is 7.32. The van der Waals surface area contributed by atoms with Crippen LogP contribution in [0.15, 0.2) is 25.3 Å². The number of hydrogen-bond donors (Lipinski definition) is 0. The van der Waals surface area contributed by atoms with Gasteiger partial charge in [0.1, 0.15) is 0 Å². The third-order valence-corrected chi connectivity index (χ3v) is 4.84. The zero-order chi connectivity index (χ0) is 17.9. The lowest BCUT2D eigenvalue weighted by molar-refractivity contribution is -0.869. The minimum Gasteiger partial charge on any atom is -0.632 e. The van der Waals surface area contributed by atoms with Crippen LogP contribution in [0.4, 0.5) is 0 Å². The Kier molecular flexibility index (Phi) is 16.8. The van der Waals surface area contributed by atoms with Gasteiger partial charge in [0, 0.05) is 0 Å². The fourth-order valence-electron chi connectivity index (χ4n) is 3.32. The minimum atomic E-state index is -0.175. The van der Waals surface area contributed by atoms with E-state index in [9.17, 15) is 5.21 Å². The van der Waals surface area contributed by atoms with Gasteiger partial charge in [-0.05, 0) is 25.0 Å². The second-order valence-corrected chi connectivity index (χ2v) is 7.32. The number of hydrogen-bond acceptors (Lipinski definition) is 1. The summed E-state index contributed by atoms with van der Waals surface area (Å²) in [5.74, 6) is 0. The molecule has 0 aromatic rings. The molecule has 0 saturated heterocycles. The van der Waals surface area contributed by atoms with Gasteiger partial charge in [-0.3, -0.25) is 0 Å². The van der Waals surface area contributed by atoms with Gasteiger partial charge in [0.2, 0.25) is 0 Å². The summed E-state index contributed by atoms with van der Waals surface area (Å²) in [5, 5.41) is 12.4. The van der Waals surface area contributed by atoms with Gasteiger partial charge in [-0.1, -0.05) is 97.1 Å². The maximum atomic E-state index is 12.4. The molecular formula is C22H43NO. The quantitative estimate of drug-likeness (QED) is 0.106. The maximum absolute atomic E-state index is 12.4. The monoisotopic (exact) mass is 337 g/mol. The molecule has 0 aliphatic rings. The molecule has 0 aromatic carbocycles. The van der Waals surface area contributed by atoms with Crippen LogP contribution in [0.1, 0.15) is 96.8 Å². The Bertz CT molecular complexity index is 278. The minimum absolute atomic E-state index is 0.175. The Morgan fingerprint density at radius 2 is 0.958 bits per heavy atom. The summed E-state index contributed by atoms with van der Waals surface area (Å²) in [7, 11) is 0. The van der Waals surface area contributed by atoms with Gasteiger partial charge in [-0.25, -0.2) is 0 Å². The zero-order valence-electron chi connectivity index (χ0n) is 16.4. The van der Waals surface area contributed by atoms with Crippen LogP contribution in [0.2, 0.25) is 0 Å². The highest BCUT2D eigenvalue weighted by Gasteiger charge is 2.11. The normalized spacial score (nSPS) is 11.6. The molecule has 0 atom stereocenters. The van der Waals surface area contributed by atoms with E-state index in [1.165, 1.54) is 83.5 Å². The van der Waals surface area contributed by atoms with Crippen molar-refractivity contribution in [2.75, 3.05) is 19.6 Å². The van der Waals surface area contributed by atoms with Crippen molar-refractivity contribution >= 4 is 0 Å². The van der Waals surface area contributed by atoms with Crippen LogP contribution in [-0.2, 0) is 0 Å². The standard InChI is InChI=1S/C22H43NO/c1-4-7-8-9-10-11-12-13-14-15-16-17-18-19-22-23(24,20-5-2)21-6-3/h5-6H,2-4,7-22H2,1H3. The highest BCUT2D eigenvalue weighted by atomic mass is 16.5. The molecule has 0 saturated carbocycles. The van der Waals surface area contributed by atoms with Gasteiger partial charge in [-0.15, -0.1) is 0 Å². The molecule has 0 spiro atoms. The lowest BCUT2D eigenvalue weighted by atomic mass is 10.0. The van der Waals surface area contributed by atoms with E-state index in [-0.39, 0.29) is 4.65 Å². The second kappa shape index (κ2) is 17.2. The molecule has 0 bridgehead atoms. The Balaban J connectivity index is 3.33. The third kappa shape index (κ3) is 15.0. The van der Waals surface area contributed by atoms with E-state index >= 15 is 0 Å². The highest BCUT2D eigenvalue weighted by Crippen LogP contribution is 2.14. The smallest absolute Gasteiger partial charge is 0.0970 e. The van der Waals surface area contributed by atoms with Crippen LogP contribution >= 0.6 is 0 Å². The van der Waals surface area contributed by atoms with Crippen LogP contribution in [0.5, 0.6) is 0 Å². The Morgan fingerprint density at radius 1 is 0.625 bits per heavy atom. The molecule has 0 unspecified atom stereocenters. The number of nitrogens with zero attached hydrogens (tertiary/aromatic N) is 1. The summed E-state index contributed by atoms with van der Waals surface area (Å²) in [4.78, 5) is 0. The highest BCUT2D eigenvalue weighted by molar-refractivity contribution is 4.72. The lowest BCUT2D eigenvalue weighted by Crippen LogP contribution is -2.43. The van der Waals surface area contributed by atoms with Crippen LogP contribution in [0, 0.1) is 5.21 Å². The van der Waals surface area contributed by atoms with Crippen molar-refractivity contribution in [3.8, 4) is 0 Å². The van der Waals surface area contributed by atoms with Crippen LogP contribution < -0.4 is 0 Å². The van der Waals surface area contributed by atoms with Crippen LogP contribution in [0.3, 0.4) is 0 Å². The Labute approximate surface area is 152 Å². The molecule has 0 N–H and O–H groups in total. The number of quaternary nitrogens is 1. The van der Waals surface area contributed by atoms with Crippen molar-refractivity contribution in [3.63, 3.8) is 0 Å². The van der Waals surface area contributed by atoms with Gasteiger partial charge >= 0.3 is 0 Å². The summed E-state index contributed by atoms with van der Waals surface area (Å²) >= 11 is 0. The molecule has 24 heavy (non-hydrogen) atoms. The van der Waals surface area contributed by atoms with Gasteiger partial charge < -0.3 is 9.85 Å². The predicted octanol–water partition coefficient (Wildman–Crippen LogP) is 7.15. The summed E-state index contributed by atoms with van der Waals surface area (Å²) in [6, 6.07) is 0. The molecule has 0 aliphatic heterocycles. The van der Waals surface area contributed by atoms with E-state index in [2.05, 4.69) is 20.1 Å². The summed E-state index contributed by atoms with van der Waals surface area (Å²) in [5.41, 5.74) is 0. The summed E-state index contributed by atoms with van der Waals surface area (Å²) < 4.78 is -0.175.